The summed E-state index contributed by atoms with van der Waals surface area (Å²) in [6.45, 7) is 6.95. The molecule has 10 nitrogen and oxygen atoms in total. The summed E-state index contributed by atoms with van der Waals surface area (Å²) in [4.78, 5) is 21.3. The number of aromatic amines is 1. The number of fused-ring (bicyclic) bond motifs is 3. The highest BCUT2D eigenvalue weighted by Gasteiger charge is 2.22. The van der Waals surface area contributed by atoms with Crippen LogP contribution in [0.3, 0.4) is 0 Å². The lowest BCUT2D eigenvalue weighted by molar-refractivity contribution is 0.318. The molecule has 0 bridgehead atoms. The van der Waals surface area contributed by atoms with Crippen molar-refractivity contribution >= 4 is 36.5 Å². The molecule has 4 rings (SSSR count). The average molecular weight is 507 g/mol. The maximum Gasteiger partial charge on any atom is 0.337 e. The second kappa shape index (κ2) is 9.75. The third-order valence-corrected chi connectivity index (χ3v) is 6.83. The second-order valence-corrected chi connectivity index (χ2v) is 10.6. The maximum absolute atomic E-state index is 13.4. The number of ether oxygens (including phenoxy) is 1. The Morgan fingerprint density at radius 2 is 1.88 bits per heavy atom. The van der Waals surface area contributed by atoms with Gasteiger partial charge in [-0.2, -0.15) is 0 Å². The Bertz CT molecular complexity index is 1510. The summed E-state index contributed by atoms with van der Waals surface area (Å²) >= 11 is 0. The molecular weight excluding hydrogens is 480 g/mol. The van der Waals surface area contributed by atoms with Crippen LogP contribution in [0.5, 0.6) is 5.75 Å². The molecule has 1 N–H and O–H groups in total. The fourth-order valence-corrected chi connectivity index (χ4v) is 4.60. The van der Waals surface area contributed by atoms with Crippen molar-refractivity contribution in [3.8, 4) is 17.1 Å². The molecule has 4 aromatic rings. The van der Waals surface area contributed by atoms with Crippen LogP contribution in [0.1, 0.15) is 52.3 Å². The highest BCUT2D eigenvalue weighted by molar-refractivity contribution is 8.13. The van der Waals surface area contributed by atoms with Gasteiger partial charge in [-0.15, -0.1) is 10.2 Å². The van der Waals surface area contributed by atoms with E-state index < -0.39 is 9.05 Å². The van der Waals surface area contributed by atoms with E-state index in [1.165, 1.54) is 16.5 Å². The van der Waals surface area contributed by atoms with Crippen molar-refractivity contribution in [3.63, 3.8) is 0 Å². The molecule has 0 aliphatic rings. The van der Waals surface area contributed by atoms with Crippen LogP contribution in [-0.2, 0) is 22.0 Å². The summed E-state index contributed by atoms with van der Waals surface area (Å²) in [6.07, 6.45) is 3.89. The van der Waals surface area contributed by atoms with Gasteiger partial charge >= 0.3 is 5.69 Å². The smallest absolute Gasteiger partial charge is 0.337 e. The van der Waals surface area contributed by atoms with E-state index in [9.17, 15) is 13.2 Å². The van der Waals surface area contributed by atoms with E-state index in [0.717, 1.165) is 25.7 Å². The van der Waals surface area contributed by atoms with Crippen molar-refractivity contribution in [1.29, 1.82) is 0 Å². The summed E-state index contributed by atoms with van der Waals surface area (Å²) in [5.74, 6) is 1.39. The van der Waals surface area contributed by atoms with E-state index in [-0.39, 0.29) is 10.6 Å². The van der Waals surface area contributed by atoms with Crippen LogP contribution in [0, 0.1) is 0 Å². The monoisotopic (exact) mass is 506 g/mol. The molecule has 34 heavy (non-hydrogen) atoms. The van der Waals surface area contributed by atoms with E-state index in [1.54, 1.807) is 10.6 Å². The molecule has 0 saturated heterocycles. The number of hydrogen-bond acceptors (Lipinski definition) is 7. The van der Waals surface area contributed by atoms with Gasteiger partial charge in [0.2, 0.25) is 0 Å². The van der Waals surface area contributed by atoms with Gasteiger partial charge in [0.05, 0.1) is 17.1 Å². The Morgan fingerprint density at radius 3 is 2.56 bits per heavy atom. The van der Waals surface area contributed by atoms with Crippen LogP contribution >= 0.6 is 10.7 Å². The largest absolute Gasteiger partial charge is 0.493 e. The Morgan fingerprint density at radius 1 is 1.09 bits per heavy atom. The molecule has 1 aromatic carbocycles. The van der Waals surface area contributed by atoms with Crippen molar-refractivity contribution in [2.24, 2.45) is 0 Å². The average Bonchev–Trinajstić information content (AvgIpc) is 3.42. The molecule has 0 aliphatic heterocycles. The van der Waals surface area contributed by atoms with Gasteiger partial charge in [-0.05, 0) is 37.5 Å². The van der Waals surface area contributed by atoms with E-state index >= 15 is 0 Å². The number of halogens is 1. The zero-order chi connectivity index (χ0) is 24.5. The van der Waals surface area contributed by atoms with Crippen LogP contribution in [0.15, 0.2) is 27.9 Å². The van der Waals surface area contributed by atoms with Gasteiger partial charge < -0.3 is 9.72 Å². The minimum absolute atomic E-state index is 0.0744. The fraction of sp³-hybridized carbons (Fsp3) is 0.455. The Hall–Kier alpha value is -2.92. The van der Waals surface area contributed by atoms with Crippen LogP contribution in [0.4, 0.5) is 0 Å². The Kier molecular flexibility index (Phi) is 6.94. The summed E-state index contributed by atoms with van der Waals surface area (Å²) in [5, 5.41) is 8.50. The predicted octanol–water partition coefficient (Wildman–Crippen LogP) is 3.90. The topological polar surface area (TPSA) is 124 Å². The molecule has 12 heteroatoms. The van der Waals surface area contributed by atoms with Crippen LogP contribution in [-0.4, -0.2) is 44.2 Å². The van der Waals surface area contributed by atoms with Crippen molar-refractivity contribution < 1.29 is 13.2 Å². The first-order chi connectivity index (χ1) is 16.3. The minimum atomic E-state index is -3.97. The normalized spacial score (nSPS) is 12.1. The third kappa shape index (κ3) is 4.41. The van der Waals surface area contributed by atoms with E-state index in [1.807, 2.05) is 20.8 Å². The quantitative estimate of drug-likeness (QED) is 0.323. The number of imidazole rings is 1. The number of H-pyrrole nitrogens is 1. The van der Waals surface area contributed by atoms with Crippen LogP contribution in [0.2, 0.25) is 0 Å². The molecule has 0 spiro atoms. The molecule has 0 unspecified atom stereocenters. The number of rotatable bonds is 10. The number of nitrogens with zero attached hydrogens (tertiary/aromatic N) is 5. The van der Waals surface area contributed by atoms with Crippen LogP contribution < -0.4 is 10.4 Å². The lowest BCUT2D eigenvalue weighted by Crippen LogP contribution is -2.28. The molecule has 0 saturated carbocycles. The lowest BCUT2D eigenvalue weighted by atomic mass is 10.2. The van der Waals surface area contributed by atoms with Gasteiger partial charge in [0, 0.05) is 23.6 Å². The summed E-state index contributed by atoms with van der Waals surface area (Å²) in [6, 6.07) is 4.37. The lowest BCUT2D eigenvalue weighted by Gasteiger charge is -2.10. The second-order valence-electron chi connectivity index (χ2n) is 8.04. The summed E-state index contributed by atoms with van der Waals surface area (Å²) in [5.41, 5.74) is 1.53. The molecular formula is C22H27ClN6O4S. The van der Waals surface area contributed by atoms with Crippen molar-refractivity contribution in [1.82, 2.24) is 29.1 Å². The predicted molar refractivity (Wildman–Crippen MR) is 130 cm³/mol. The SMILES string of the molecule is CCCCn1c(=O)n2c(CCC)nnc2c2[nH]c(-c3cc(S(=O)(=O)Cl)ccc3OCCC)nc21. The first-order valence-electron chi connectivity index (χ1n) is 11.4. The van der Waals surface area contributed by atoms with Gasteiger partial charge in [0.25, 0.3) is 9.05 Å². The van der Waals surface area contributed by atoms with E-state index in [4.69, 9.17) is 20.4 Å². The molecule has 182 valence electrons. The number of unbranched alkanes of at least 4 members (excludes halogenated alkanes) is 1. The van der Waals surface area contributed by atoms with Gasteiger partial charge in [-0.1, -0.05) is 27.2 Å². The maximum atomic E-state index is 13.4. The molecule has 0 fully saturated rings. The molecule has 3 heterocycles. The number of aryl methyl sites for hydroxylation is 2. The van der Waals surface area contributed by atoms with Gasteiger partial charge in [0.1, 0.15) is 22.9 Å². The summed E-state index contributed by atoms with van der Waals surface area (Å²) < 4.78 is 33.0. The zero-order valence-electron chi connectivity index (χ0n) is 19.3. The zero-order valence-corrected chi connectivity index (χ0v) is 20.9. The number of hydrogen-bond donors (Lipinski definition) is 1. The first-order valence-corrected chi connectivity index (χ1v) is 13.7. The molecule has 3 aromatic heterocycles. The van der Waals surface area contributed by atoms with Crippen LogP contribution in [0.25, 0.3) is 28.2 Å². The Labute approximate surface area is 201 Å². The molecule has 0 amide bonds. The highest BCUT2D eigenvalue weighted by Crippen LogP contribution is 2.33. The van der Waals surface area contributed by atoms with Gasteiger partial charge in [-0.25, -0.2) is 22.6 Å². The summed E-state index contributed by atoms with van der Waals surface area (Å²) in [7, 11) is 1.63. The first kappa shape index (κ1) is 24.2. The number of aromatic nitrogens is 6. The fourth-order valence-electron chi connectivity index (χ4n) is 3.82. The van der Waals surface area contributed by atoms with Crippen molar-refractivity contribution in [3.05, 3.63) is 34.5 Å². The number of benzene rings is 1. The molecule has 0 atom stereocenters. The molecule has 0 radical (unpaired) electrons. The van der Waals surface area contributed by atoms with Crippen molar-refractivity contribution in [2.45, 2.75) is 64.3 Å². The Balaban J connectivity index is 2.01. The van der Waals surface area contributed by atoms with Gasteiger partial charge in [0.15, 0.2) is 11.3 Å². The highest BCUT2D eigenvalue weighted by atomic mass is 35.7. The molecule has 0 aliphatic carbocycles. The van der Waals surface area contributed by atoms with E-state index in [0.29, 0.717) is 59.3 Å². The van der Waals surface area contributed by atoms with Gasteiger partial charge in [-0.3, -0.25) is 4.57 Å². The van der Waals surface area contributed by atoms with E-state index in [2.05, 4.69) is 15.2 Å². The third-order valence-electron chi connectivity index (χ3n) is 5.47. The minimum Gasteiger partial charge on any atom is -0.493 e. The van der Waals surface area contributed by atoms with Crippen molar-refractivity contribution in [2.75, 3.05) is 6.61 Å². The number of nitrogens with one attached hydrogen (secondary N) is 1. The standard InChI is InChI=1S/C22H27ClN6O4S/c1-4-7-11-28-20-18(21-27-26-17(8-5-2)29(21)22(28)30)24-19(25-20)15-13-14(34(23,31)32)9-10-16(15)33-12-6-3/h9-10,13H,4-8,11-12H2,1-3H3,(H,24,25).